The van der Waals surface area contributed by atoms with E-state index in [1.54, 1.807) is 82.0 Å². The molecule has 0 heterocycles. The van der Waals surface area contributed by atoms with Gasteiger partial charge in [0.05, 0.1) is 27.5 Å². The molecule has 3 aromatic rings. The Hall–Kier alpha value is -5.06. The van der Waals surface area contributed by atoms with E-state index in [4.69, 9.17) is 18.9 Å². The number of anilines is 1. The molecule has 3 N–H and O–H groups in total. The molecule has 0 spiro atoms. The summed E-state index contributed by atoms with van der Waals surface area (Å²) in [5, 5.41) is 9.10. The minimum atomic E-state index is -0.922. The number of hydrogen-bond donors (Lipinski definition) is 3. The molecule has 39 heavy (non-hydrogen) atoms. The molecule has 3 amide bonds. The minimum Gasteiger partial charge on any atom is -0.497 e. The Morgan fingerprint density at radius 1 is 0.821 bits per heavy atom. The number of carbonyl (C=O) groups is 3. The van der Waals surface area contributed by atoms with Crippen LogP contribution in [0.2, 0.25) is 0 Å². The highest BCUT2D eigenvalue weighted by Gasteiger charge is 2.13. The van der Waals surface area contributed by atoms with Crippen LogP contribution < -0.4 is 35.0 Å². The average molecular weight is 535 g/mol. The van der Waals surface area contributed by atoms with E-state index in [1.165, 1.54) is 6.21 Å². The molecule has 3 aromatic carbocycles. The Labute approximate surface area is 226 Å². The van der Waals surface area contributed by atoms with Crippen LogP contribution in [0.25, 0.3) is 0 Å². The molecule has 0 aliphatic rings. The highest BCUT2D eigenvalue weighted by Crippen LogP contribution is 2.27. The molecule has 204 valence electrons. The lowest BCUT2D eigenvalue weighted by Gasteiger charge is -2.10. The molecule has 0 aliphatic heterocycles. The molecule has 11 nitrogen and oxygen atoms in total. The first-order chi connectivity index (χ1) is 18.9. The fourth-order valence-corrected chi connectivity index (χ4v) is 3.41. The first-order valence-electron chi connectivity index (χ1n) is 11.9. The Balaban J connectivity index is 1.46. The lowest BCUT2D eigenvalue weighted by Crippen LogP contribution is -2.38. The third-order valence-electron chi connectivity index (χ3n) is 5.35. The molecule has 0 aromatic heterocycles. The number of ether oxygens (including phenoxy) is 4. The lowest BCUT2D eigenvalue weighted by molar-refractivity contribution is -0.139. The molecule has 0 saturated carbocycles. The molecule has 0 fully saturated rings. The van der Waals surface area contributed by atoms with Crippen molar-refractivity contribution in [3.05, 3.63) is 77.9 Å². The molecular weight excluding hydrogens is 504 g/mol. The zero-order chi connectivity index (χ0) is 28.0. The van der Waals surface area contributed by atoms with Crippen LogP contribution in [0.4, 0.5) is 5.69 Å². The van der Waals surface area contributed by atoms with Crippen molar-refractivity contribution < 1.29 is 33.3 Å². The van der Waals surface area contributed by atoms with E-state index in [0.717, 1.165) is 5.56 Å². The van der Waals surface area contributed by atoms with E-state index in [1.807, 2.05) is 6.07 Å². The van der Waals surface area contributed by atoms with E-state index in [2.05, 4.69) is 21.2 Å². The molecule has 0 saturated heterocycles. The summed E-state index contributed by atoms with van der Waals surface area (Å²) in [6.45, 7) is -0.0170. The summed E-state index contributed by atoms with van der Waals surface area (Å²) in [7, 11) is 4.63. The summed E-state index contributed by atoms with van der Waals surface area (Å²) in [5.74, 6) is 0.0507. The molecule has 0 bridgehead atoms. The average Bonchev–Trinajstić information content (AvgIpc) is 2.96. The number of nitrogens with one attached hydrogen (secondary N) is 3. The highest BCUT2D eigenvalue weighted by atomic mass is 16.5. The molecule has 0 unspecified atom stereocenters. The SMILES string of the molecule is COc1cccc(NC(=O)COc2ccccc2/C=N\NC(=O)C(=O)NCCc2ccc(OC)c(OC)c2)c1. The van der Waals surface area contributed by atoms with Gasteiger partial charge in [-0.15, -0.1) is 0 Å². The van der Waals surface area contributed by atoms with Crippen molar-refractivity contribution >= 4 is 29.6 Å². The molecule has 0 radical (unpaired) electrons. The zero-order valence-corrected chi connectivity index (χ0v) is 21.9. The largest absolute Gasteiger partial charge is 0.497 e. The third-order valence-corrected chi connectivity index (χ3v) is 5.35. The topological polar surface area (TPSA) is 137 Å². The van der Waals surface area contributed by atoms with Crippen molar-refractivity contribution in [3.63, 3.8) is 0 Å². The van der Waals surface area contributed by atoms with Crippen molar-refractivity contribution in [1.82, 2.24) is 10.7 Å². The van der Waals surface area contributed by atoms with Crippen LogP contribution in [-0.2, 0) is 20.8 Å². The molecule has 0 aliphatic carbocycles. The van der Waals surface area contributed by atoms with Gasteiger partial charge in [-0.2, -0.15) is 5.10 Å². The predicted molar refractivity (Wildman–Crippen MR) is 146 cm³/mol. The monoisotopic (exact) mass is 534 g/mol. The van der Waals surface area contributed by atoms with Gasteiger partial charge in [0.25, 0.3) is 5.91 Å². The maximum atomic E-state index is 12.3. The van der Waals surface area contributed by atoms with Gasteiger partial charge in [0.2, 0.25) is 0 Å². The second kappa shape index (κ2) is 14.6. The van der Waals surface area contributed by atoms with Gasteiger partial charge in [-0.3, -0.25) is 14.4 Å². The summed E-state index contributed by atoms with van der Waals surface area (Å²) >= 11 is 0. The zero-order valence-electron chi connectivity index (χ0n) is 21.9. The second-order valence-corrected chi connectivity index (χ2v) is 8.00. The van der Waals surface area contributed by atoms with Crippen molar-refractivity contribution in [1.29, 1.82) is 0 Å². The maximum absolute atomic E-state index is 12.3. The van der Waals surface area contributed by atoms with E-state index in [9.17, 15) is 14.4 Å². The van der Waals surface area contributed by atoms with Crippen LogP contribution in [0.3, 0.4) is 0 Å². The van der Waals surface area contributed by atoms with Crippen LogP contribution >= 0.6 is 0 Å². The van der Waals surface area contributed by atoms with E-state index in [0.29, 0.717) is 40.7 Å². The first-order valence-corrected chi connectivity index (χ1v) is 11.9. The van der Waals surface area contributed by atoms with E-state index in [-0.39, 0.29) is 19.1 Å². The number of benzene rings is 3. The standard InChI is InChI=1S/C28H30N4O7/c1-36-22-9-6-8-21(16-22)31-26(33)18-39-23-10-5-4-7-20(23)17-30-32-28(35)27(34)29-14-13-19-11-12-24(37-2)25(15-19)38-3/h4-12,15-17H,13-14,18H2,1-3H3,(H,29,34)(H,31,33)(H,32,35)/b30-17-. The van der Waals surface area contributed by atoms with Gasteiger partial charge in [0, 0.05) is 23.9 Å². The first kappa shape index (κ1) is 28.5. The number of rotatable bonds is 12. The van der Waals surface area contributed by atoms with Crippen LogP contribution in [0.5, 0.6) is 23.0 Å². The molecule has 11 heteroatoms. The number of nitrogens with zero attached hydrogens (tertiary/aromatic N) is 1. The minimum absolute atomic E-state index is 0.236. The highest BCUT2D eigenvalue weighted by molar-refractivity contribution is 6.35. The number of carbonyl (C=O) groups excluding carboxylic acids is 3. The van der Waals surface area contributed by atoms with Crippen LogP contribution in [-0.4, -0.2) is 58.4 Å². The fraction of sp³-hybridized carbons (Fsp3) is 0.214. The number of amides is 3. The number of para-hydroxylation sites is 1. The van der Waals surface area contributed by atoms with Gasteiger partial charge >= 0.3 is 11.8 Å². The van der Waals surface area contributed by atoms with Gasteiger partial charge in [0.1, 0.15) is 11.5 Å². The Bertz CT molecular complexity index is 1330. The third kappa shape index (κ3) is 8.78. The molecule has 0 atom stereocenters. The number of methoxy groups -OCH3 is 3. The fourth-order valence-electron chi connectivity index (χ4n) is 3.41. The van der Waals surface area contributed by atoms with Crippen LogP contribution in [0.15, 0.2) is 71.8 Å². The van der Waals surface area contributed by atoms with Crippen molar-refractivity contribution in [2.45, 2.75) is 6.42 Å². The summed E-state index contributed by atoms with van der Waals surface area (Å²) in [5.41, 5.74) is 4.16. The Kier molecular flexibility index (Phi) is 10.7. The summed E-state index contributed by atoms with van der Waals surface area (Å²) in [6, 6.07) is 19.2. The Morgan fingerprint density at radius 2 is 1.62 bits per heavy atom. The lowest BCUT2D eigenvalue weighted by atomic mass is 10.1. The van der Waals surface area contributed by atoms with Crippen LogP contribution in [0, 0.1) is 0 Å². The normalized spacial score (nSPS) is 10.4. The summed E-state index contributed by atoms with van der Waals surface area (Å²) in [6.07, 6.45) is 1.81. The van der Waals surface area contributed by atoms with Gasteiger partial charge in [0.15, 0.2) is 18.1 Å². The quantitative estimate of drug-likeness (QED) is 0.185. The van der Waals surface area contributed by atoms with Crippen molar-refractivity contribution in [2.24, 2.45) is 5.10 Å². The van der Waals surface area contributed by atoms with Crippen molar-refractivity contribution in [2.75, 3.05) is 39.8 Å². The number of hydrazone groups is 1. The smallest absolute Gasteiger partial charge is 0.329 e. The van der Waals surface area contributed by atoms with E-state index >= 15 is 0 Å². The molecule has 3 rings (SSSR count). The van der Waals surface area contributed by atoms with Gasteiger partial charge in [-0.05, 0) is 48.4 Å². The van der Waals surface area contributed by atoms with Crippen LogP contribution in [0.1, 0.15) is 11.1 Å². The summed E-state index contributed by atoms with van der Waals surface area (Å²) < 4.78 is 21.2. The van der Waals surface area contributed by atoms with Gasteiger partial charge < -0.3 is 29.6 Å². The van der Waals surface area contributed by atoms with E-state index < -0.39 is 11.8 Å². The molecular formula is C28H30N4O7. The number of hydrogen-bond acceptors (Lipinski definition) is 8. The summed E-state index contributed by atoms with van der Waals surface area (Å²) in [4.78, 5) is 36.5. The Morgan fingerprint density at radius 3 is 2.38 bits per heavy atom. The van der Waals surface area contributed by atoms with Crippen molar-refractivity contribution in [3.8, 4) is 23.0 Å². The van der Waals surface area contributed by atoms with Gasteiger partial charge in [-0.25, -0.2) is 5.43 Å². The van der Waals surface area contributed by atoms with Gasteiger partial charge in [-0.1, -0.05) is 24.3 Å². The second-order valence-electron chi connectivity index (χ2n) is 8.00. The maximum Gasteiger partial charge on any atom is 0.329 e. The predicted octanol–water partition coefficient (Wildman–Crippen LogP) is 2.54.